The van der Waals surface area contributed by atoms with Gasteiger partial charge in [0.25, 0.3) is 0 Å². The molecule has 8 heavy (non-hydrogen) atoms. The van der Waals surface area contributed by atoms with Gasteiger partial charge in [-0.05, 0) is 0 Å². The van der Waals surface area contributed by atoms with E-state index in [4.69, 9.17) is 15.9 Å². The van der Waals surface area contributed by atoms with Crippen molar-refractivity contribution in [3.8, 4) is 0 Å². The largest absolute Gasteiger partial charge is 0.476 e. The van der Waals surface area contributed by atoms with Gasteiger partial charge in [0.2, 0.25) is 0 Å². The van der Waals surface area contributed by atoms with E-state index in [1.165, 1.54) is 0 Å². The third-order valence-corrected chi connectivity index (χ3v) is 0.483. The number of nitrogens with one attached hydrogen (secondary N) is 2. The minimum Gasteiger partial charge on any atom is -0.476 e. The van der Waals surface area contributed by atoms with E-state index in [0.717, 1.165) is 0 Å². The van der Waals surface area contributed by atoms with E-state index in [9.17, 15) is 4.79 Å². The normalized spacial score (nSPS) is 8.00. The van der Waals surface area contributed by atoms with E-state index < -0.39 is 17.5 Å². The number of nitrogens with two attached hydrogens (primary N) is 1. The summed E-state index contributed by atoms with van der Waals surface area (Å²) in [5.74, 6) is -2.20. The number of aliphatic carboxylic acids is 1. The summed E-state index contributed by atoms with van der Waals surface area (Å²) in [6.07, 6.45) is 0. The minimum atomic E-state index is -1.47. The Bertz CT molecular complexity index is 135. The molecule has 5 N–H and O–H groups in total. The molecular weight excluding hydrogens is 110 g/mol. The van der Waals surface area contributed by atoms with Gasteiger partial charge in [0.1, 0.15) is 5.84 Å². The van der Waals surface area contributed by atoms with Crippen LogP contribution in [0.4, 0.5) is 0 Å². The van der Waals surface area contributed by atoms with Gasteiger partial charge in [0.05, 0.1) is 0 Å². The third-order valence-electron chi connectivity index (χ3n) is 0.483. The lowest BCUT2D eigenvalue weighted by Gasteiger charge is -1.89. The van der Waals surface area contributed by atoms with Gasteiger partial charge >= 0.3 is 5.97 Å². The van der Waals surface area contributed by atoms with Crippen LogP contribution in [0.1, 0.15) is 0 Å². The van der Waals surface area contributed by atoms with Gasteiger partial charge in [-0.1, -0.05) is 0 Å². The number of amidine groups is 1. The van der Waals surface area contributed by atoms with Crippen LogP contribution in [-0.2, 0) is 4.79 Å². The summed E-state index contributed by atoms with van der Waals surface area (Å²) in [7, 11) is 0. The first-order valence-electron chi connectivity index (χ1n) is 1.72. The van der Waals surface area contributed by atoms with Crippen molar-refractivity contribution in [1.29, 1.82) is 10.8 Å². The SMILES string of the molecule is N=C(N)C(=N)C(=O)O. The van der Waals surface area contributed by atoms with Gasteiger partial charge in [-0.15, -0.1) is 0 Å². The molecule has 0 aromatic carbocycles. The average Bonchev–Trinajstić information content (AvgIpc) is 1.64. The fraction of sp³-hybridized carbons (Fsp3) is 0. The molecule has 0 aromatic heterocycles. The van der Waals surface area contributed by atoms with Gasteiger partial charge in [-0.2, -0.15) is 0 Å². The standard InChI is InChI=1S/C3H5N3O2/c4-1(2(5)6)3(7)8/h4H,(H3,5,6)(H,7,8). The lowest BCUT2D eigenvalue weighted by Crippen LogP contribution is -2.28. The predicted molar refractivity (Wildman–Crippen MR) is 27.3 cm³/mol. The summed E-state index contributed by atoms with van der Waals surface area (Å²) in [5.41, 5.74) is 3.74. The van der Waals surface area contributed by atoms with Crippen LogP contribution in [0.15, 0.2) is 0 Å². The van der Waals surface area contributed by atoms with E-state index in [2.05, 4.69) is 5.73 Å². The van der Waals surface area contributed by atoms with Gasteiger partial charge in [0.15, 0.2) is 5.71 Å². The molecule has 0 bridgehead atoms. The van der Waals surface area contributed by atoms with Gasteiger partial charge in [-0.3, -0.25) is 10.8 Å². The van der Waals surface area contributed by atoms with E-state index in [-0.39, 0.29) is 0 Å². The Morgan fingerprint density at radius 1 is 1.50 bits per heavy atom. The maximum absolute atomic E-state index is 9.70. The molecule has 0 saturated heterocycles. The van der Waals surface area contributed by atoms with Crippen LogP contribution in [-0.4, -0.2) is 22.6 Å². The van der Waals surface area contributed by atoms with Crippen LogP contribution < -0.4 is 5.73 Å². The van der Waals surface area contributed by atoms with Crippen LogP contribution >= 0.6 is 0 Å². The molecule has 0 aromatic rings. The molecule has 5 heteroatoms. The fourth-order valence-electron chi connectivity index (χ4n) is 0.115. The zero-order chi connectivity index (χ0) is 6.73. The number of hydrogen-bond donors (Lipinski definition) is 4. The van der Waals surface area contributed by atoms with Crippen molar-refractivity contribution >= 4 is 17.5 Å². The third kappa shape index (κ3) is 1.38. The van der Waals surface area contributed by atoms with E-state index in [0.29, 0.717) is 0 Å². The Morgan fingerprint density at radius 3 is 1.88 bits per heavy atom. The number of rotatable bonds is 2. The minimum absolute atomic E-state index is 0.725. The summed E-state index contributed by atoms with van der Waals surface area (Å²) in [5, 5.41) is 20.8. The molecule has 0 saturated carbocycles. The second-order valence-corrected chi connectivity index (χ2v) is 1.09. The Labute approximate surface area is 45.1 Å². The van der Waals surface area contributed by atoms with Gasteiger partial charge < -0.3 is 10.8 Å². The molecule has 0 aliphatic heterocycles. The highest BCUT2D eigenvalue weighted by atomic mass is 16.4. The van der Waals surface area contributed by atoms with Crippen molar-refractivity contribution in [3.63, 3.8) is 0 Å². The average molecular weight is 115 g/mol. The summed E-state index contributed by atoms with van der Waals surface area (Å²) >= 11 is 0. The molecule has 0 amide bonds. The summed E-state index contributed by atoms with van der Waals surface area (Å²) in [6.45, 7) is 0. The second kappa shape index (κ2) is 2.06. The van der Waals surface area contributed by atoms with Crippen molar-refractivity contribution in [2.24, 2.45) is 5.73 Å². The first kappa shape index (κ1) is 6.61. The monoisotopic (exact) mass is 115 g/mol. The van der Waals surface area contributed by atoms with Crippen LogP contribution in [0.3, 0.4) is 0 Å². The number of hydrogen-bond acceptors (Lipinski definition) is 3. The fourth-order valence-corrected chi connectivity index (χ4v) is 0.115. The van der Waals surface area contributed by atoms with Gasteiger partial charge in [0, 0.05) is 0 Å². The highest BCUT2D eigenvalue weighted by Gasteiger charge is 2.07. The topological polar surface area (TPSA) is 111 Å². The molecule has 0 radical (unpaired) electrons. The van der Waals surface area contributed by atoms with Crippen molar-refractivity contribution < 1.29 is 9.90 Å². The molecule has 0 aliphatic carbocycles. The van der Waals surface area contributed by atoms with Crippen molar-refractivity contribution in [3.05, 3.63) is 0 Å². The Morgan fingerprint density at radius 2 is 1.88 bits per heavy atom. The van der Waals surface area contributed by atoms with Crippen LogP contribution in [0.2, 0.25) is 0 Å². The second-order valence-electron chi connectivity index (χ2n) is 1.09. The van der Waals surface area contributed by atoms with E-state index in [1.54, 1.807) is 0 Å². The zero-order valence-electron chi connectivity index (χ0n) is 3.93. The summed E-state index contributed by atoms with van der Waals surface area (Å²) < 4.78 is 0. The first-order chi connectivity index (χ1) is 3.55. The van der Waals surface area contributed by atoms with E-state index in [1.807, 2.05) is 0 Å². The molecule has 0 unspecified atom stereocenters. The maximum Gasteiger partial charge on any atom is 0.357 e. The summed E-state index contributed by atoms with van der Waals surface area (Å²) in [6, 6.07) is 0. The Hall–Kier alpha value is -1.39. The quantitative estimate of drug-likeness (QED) is 0.274. The summed E-state index contributed by atoms with van der Waals surface area (Å²) in [4.78, 5) is 9.70. The number of carboxylic acid groups (broad SMARTS) is 1. The van der Waals surface area contributed by atoms with Gasteiger partial charge in [-0.25, -0.2) is 4.79 Å². The lowest BCUT2D eigenvalue weighted by atomic mass is 10.4. The molecule has 0 rings (SSSR count). The van der Waals surface area contributed by atoms with Crippen molar-refractivity contribution in [1.82, 2.24) is 0 Å². The Kier molecular flexibility index (Phi) is 1.70. The molecule has 0 aliphatic rings. The first-order valence-corrected chi connectivity index (χ1v) is 1.72. The smallest absolute Gasteiger partial charge is 0.357 e. The molecule has 0 spiro atoms. The zero-order valence-corrected chi connectivity index (χ0v) is 3.93. The van der Waals surface area contributed by atoms with Crippen LogP contribution in [0.25, 0.3) is 0 Å². The maximum atomic E-state index is 9.70. The van der Waals surface area contributed by atoms with Crippen molar-refractivity contribution in [2.75, 3.05) is 0 Å². The molecule has 44 valence electrons. The number of carboxylic acids is 1. The molecule has 0 atom stereocenters. The highest BCUT2D eigenvalue weighted by Crippen LogP contribution is 1.68. The van der Waals surface area contributed by atoms with E-state index >= 15 is 0 Å². The highest BCUT2D eigenvalue weighted by molar-refractivity contribution is 6.62. The van der Waals surface area contributed by atoms with Crippen LogP contribution in [0, 0.1) is 10.8 Å². The van der Waals surface area contributed by atoms with Crippen LogP contribution in [0.5, 0.6) is 0 Å². The lowest BCUT2D eigenvalue weighted by molar-refractivity contribution is -0.129. The predicted octanol–water partition coefficient (Wildman–Crippen LogP) is -0.973. The Balaban J connectivity index is 4.05. The molecule has 0 heterocycles. The molecule has 0 fully saturated rings. The molecular formula is C3H5N3O2. The molecule has 5 nitrogen and oxygen atoms in total. The van der Waals surface area contributed by atoms with Crippen molar-refractivity contribution in [2.45, 2.75) is 0 Å². The number of carbonyl (C=O) groups is 1.